The van der Waals surface area contributed by atoms with Crippen LogP contribution in [0.2, 0.25) is 5.02 Å². The molecule has 1 unspecified atom stereocenters. The lowest BCUT2D eigenvalue weighted by Crippen LogP contribution is -2.52. The molecule has 2 aromatic carbocycles. The Hall–Kier alpha value is -2.98. The number of ether oxygens (including phenoxy) is 2. The molecule has 0 aromatic heterocycles. The number of carbonyl (C=O) groups is 2. The van der Waals surface area contributed by atoms with E-state index >= 15 is 0 Å². The van der Waals surface area contributed by atoms with Gasteiger partial charge in [-0.2, -0.15) is 0 Å². The molecule has 0 aliphatic heterocycles. The third-order valence-electron chi connectivity index (χ3n) is 5.51. The molecule has 0 bridgehead atoms. The highest BCUT2D eigenvalue weighted by atomic mass is 35.5. The lowest BCUT2D eigenvalue weighted by atomic mass is 10.1. The lowest BCUT2D eigenvalue weighted by Gasteiger charge is -2.33. The highest BCUT2D eigenvalue weighted by Crippen LogP contribution is 2.33. The third kappa shape index (κ3) is 7.76. The number of carbonyl (C=O) groups excluding carboxylic acids is 2. The number of anilines is 1. The van der Waals surface area contributed by atoms with E-state index in [4.69, 9.17) is 21.1 Å². The molecule has 36 heavy (non-hydrogen) atoms. The van der Waals surface area contributed by atoms with Crippen LogP contribution < -0.4 is 19.1 Å². The summed E-state index contributed by atoms with van der Waals surface area (Å²) in [5, 5.41) is 3.12. The minimum Gasteiger partial charge on any atom is -0.497 e. The normalized spacial score (nSPS) is 11.9. The molecule has 9 nitrogen and oxygen atoms in total. The summed E-state index contributed by atoms with van der Waals surface area (Å²) in [7, 11) is -0.982. The van der Waals surface area contributed by atoms with Crippen LogP contribution in [0.4, 0.5) is 5.69 Å². The Bertz CT molecular complexity index is 1160. The number of hydrogen-bond acceptors (Lipinski definition) is 6. The number of methoxy groups -OCH3 is 2. The molecular formula is C25H34ClN3O6S. The minimum atomic E-state index is -3.92. The predicted octanol–water partition coefficient (Wildman–Crippen LogP) is 3.46. The van der Waals surface area contributed by atoms with Crippen molar-refractivity contribution in [3.8, 4) is 11.5 Å². The Morgan fingerprint density at radius 2 is 1.81 bits per heavy atom. The van der Waals surface area contributed by atoms with Crippen LogP contribution in [0, 0.1) is 0 Å². The van der Waals surface area contributed by atoms with Crippen molar-refractivity contribution in [3.63, 3.8) is 0 Å². The highest BCUT2D eigenvalue weighted by Gasteiger charge is 2.32. The summed E-state index contributed by atoms with van der Waals surface area (Å²) in [4.78, 5) is 28.1. The standard InChI is InChI=1S/C25H34ClN3O6S/c1-6-13-27-25(31)21(7-2)28(16-18-9-8-10-20(14-18)34-3)24(30)17-29(36(5,32)33)22-15-19(26)11-12-23(22)35-4/h8-12,14-15,21H,6-7,13,16-17H2,1-5H3,(H,27,31). The number of amides is 2. The summed E-state index contributed by atoms with van der Waals surface area (Å²) >= 11 is 6.13. The first-order valence-electron chi connectivity index (χ1n) is 11.6. The zero-order chi connectivity index (χ0) is 26.9. The van der Waals surface area contributed by atoms with Gasteiger partial charge in [0.1, 0.15) is 24.1 Å². The van der Waals surface area contributed by atoms with Gasteiger partial charge in [-0.05, 0) is 48.7 Å². The van der Waals surface area contributed by atoms with Crippen LogP contribution in [-0.4, -0.2) is 64.7 Å². The van der Waals surface area contributed by atoms with E-state index < -0.39 is 28.5 Å². The third-order valence-corrected chi connectivity index (χ3v) is 6.87. The second-order valence-corrected chi connectivity index (χ2v) is 10.5. The van der Waals surface area contributed by atoms with Crippen molar-refractivity contribution in [1.82, 2.24) is 10.2 Å². The molecule has 0 saturated heterocycles. The first-order valence-corrected chi connectivity index (χ1v) is 13.8. The van der Waals surface area contributed by atoms with Crippen LogP contribution in [0.15, 0.2) is 42.5 Å². The first-order chi connectivity index (χ1) is 17.0. The van der Waals surface area contributed by atoms with Gasteiger partial charge in [-0.1, -0.05) is 37.6 Å². The molecule has 1 atom stereocenters. The van der Waals surface area contributed by atoms with Gasteiger partial charge in [0.05, 0.1) is 26.2 Å². The van der Waals surface area contributed by atoms with E-state index in [0.29, 0.717) is 18.7 Å². The number of nitrogens with zero attached hydrogens (tertiary/aromatic N) is 2. The molecular weight excluding hydrogens is 506 g/mol. The topological polar surface area (TPSA) is 105 Å². The predicted molar refractivity (Wildman–Crippen MR) is 141 cm³/mol. The highest BCUT2D eigenvalue weighted by molar-refractivity contribution is 7.92. The molecule has 0 fully saturated rings. The van der Waals surface area contributed by atoms with Crippen LogP contribution in [0.5, 0.6) is 11.5 Å². The van der Waals surface area contributed by atoms with Gasteiger partial charge in [0, 0.05) is 18.1 Å². The van der Waals surface area contributed by atoms with Crippen molar-refractivity contribution < 1.29 is 27.5 Å². The zero-order valence-corrected chi connectivity index (χ0v) is 22.9. The van der Waals surface area contributed by atoms with Gasteiger partial charge in [-0.3, -0.25) is 13.9 Å². The summed E-state index contributed by atoms with van der Waals surface area (Å²) in [6.07, 6.45) is 2.07. The fourth-order valence-corrected chi connectivity index (χ4v) is 4.72. The fourth-order valence-electron chi connectivity index (χ4n) is 3.71. The number of rotatable bonds is 13. The van der Waals surface area contributed by atoms with Crippen molar-refractivity contribution in [3.05, 3.63) is 53.1 Å². The zero-order valence-electron chi connectivity index (χ0n) is 21.3. The summed E-state index contributed by atoms with van der Waals surface area (Å²) in [6, 6.07) is 10.9. The maximum Gasteiger partial charge on any atom is 0.244 e. The van der Waals surface area contributed by atoms with Crippen molar-refractivity contribution in [2.75, 3.05) is 37.9 Å². The van der Waals surface area contributed by atoms with Gasteiger partial charge in [0.15, 0.2) is 0 Å². The van der Waals surface area contributed by atoms with Gasteiger partial charge in [-0.25, -0.2) is 8.42 Å². The van der Waals surface area contributed by atoms with E-state index in [1.807, 2.05) is 13.0 Å². The van der Waals surface area contributed by atoms with Gasteiger partial charge in [0.25, 0.3) is 0 Å². The number of benzene rings is 2. The van der Waals surface area contributed by atoms with E-state index in [9.17, 15) is 18.0 Å². The maximum absolute atomic E-state index is 13.7. The molecule has 2 rings (SSSR count). The second-order valence-electron chi connectivity index (χ2n) is 8.17. The Kier molecular flexibility index (Phi) is 10.9. The molecule has 0 saturated carbocycles. The average molecular weight is 540 g/mol. The van der Waals surface area contributed by atoms with Gasteiger partial charge < -0.3 is 19.7 Å². The summed E-state index contributed by atoms with van der Waals surface area (Å²) in [6.45, 7) is 3.74. The second kappa shape index (κ2) is 13.4. The van der Waals surface area contributed by atoms with E-state index in [2.05, 4.69) is 5.32 Å². The molecule has 2 aromatic rings. The number of hydrogen-bond donors (Lipinski definition) is 1. The summed E-state index contributed by atoms with van der Waals surface area (Å²) in [5.41, 5.74) is 0.862. The Labute approximate surface area is 218 Å². The van der Waals surface area contributed by atoms with Gasteiger partial charge in [0.2, 0.25) is 21.8 Å². The summed E-state index contributed by atoms with van der Waals surface area (Å²) in [5.74, 6) is -0.0138. The summed E-state index contributed by atoms with van der Waals surface area (Å²) < 4.78 is 37.1. The molecule has 198 valence electrons. The van der Waals surface area contributed by atoms with Crippen LogP contribution in [0.3, 0.4) is 0 Å². The van der Waals surface area contributed by atoms with E-state index in [0.717, 1.165) is 22.5 Å². The molecule has 0 heterocycles. The molecule has 0 aliphatic rings. The van der Waals surface area contributed by atoms with Crippen molar-refractivity contribution >= 4 is 39.1 Å². The molecule has 0 radical (unpaired) electrons. The largest absolute Gasteiger partial charge is 0.497 e. The van der Waals surface area contributed by atoms with Crippen LogP contribution in [0.1, 0.15) is 32.3 Å². The van der Waals surface area contributed by atoms with E-state index in [1.54, 1.807) is 31.2 Å². The quantitative estimate of drug-likeness (QED) is 0.418. The monoisotopic (exact) mass is 539 g/mol. The average Bonchev–Trinajstić information content (AvgIpc) is 2.85. The molecule has 1 N–H and O–H groups in total. The molecule has 11 heteroatoms. The Morgan fingerprint density at radius 1 is 1.08 bits per heavy atom. The fraction of sp³-hybridized carbons (Fsp3) is 0.440. The minimum absolute atomic E-state index is 0.0817. The number of sulfonamides is 1. The lowest BCUT2D eigenvalue weighted by molar-refractivity contribution is -0.140. The Balaban J connectivity index is 2.51. The van der Waals surface area contributed by atoms with Gasteiger partial charge in [-0.15, -0.1) is 0 Å². The molecule has 2 amide bonds. The van der Waals surface area contributed by atoms with E-state index in [-0.39, 0.29) is 28.9 Å². The smallest absolute Gasteiger partial charge is 0.244 e. The van der Waals surface area contributed by atoms with E-state index in [1.165, 1.54) is 31.3 Å². The Morgan fingerprint density at radius 3 is 2.39 bits per heavy atom. The van der Waals surface area contributed by atoms with Crippen LogP contribution in [-0.2, 0) is 26.2 Å². The maximum atomic E-state index is 13.7. The van der Waals surface area contributed by atoms with Gasteiger partial charge >= 0.3 is 0 Å². The number of halogens is 1. The van der Waals surface area contributed by atoms with Crippen LogP contribution >= 0.6 is 11.6 Å². The van der Waals surface area contributed by atoms with Crippen LogP contribution in [0.25, 0.3) is 0 Å². The molecule has 0 spiro atoms. The molecule has 0 aliphatic carbocycles. The number of nitrogens with one attached hydrogen (secondary N) is 1. The van der Waals surface area contributed by atoms with Crippen molar-refractivity contribution in [1.29, 1.82) is 0 Å². The van der Waals surface area contributed by atoms with Crippen molar-refractivity contribution in [2.45, 2.75) is 39.3 Å². The van der Waals surface area contributed by atoms with Crippen molar-refractivity contribution in [2.24, 2.45) is 0 Å². The SMILES string of the molecule is CCCNC(=O)C(CC)N(Cc1cccc(OC)c1)C(=O)CN(c1cc(Cl)ccc1OC)S(C)(=O)=O. The first kappa shape index (κ1) is 29.3.